The number of ether oxygens (including phenoxy) is 1. The molecule has 1 N–H and O–H groups in total. The molecule has 0 saturated heterocycles. The lowest BCUT2D eigenvalue weighted by Gasteiger charge is -2.18. The van der Waals surface area contributed by atoms with Crippen LogP contribution in [0.2, 0.25) is 0 Å². The lowest BCUT2D eigenvalue weighted by molar-refractivity contribution is -0.116. The highest BCUT2D eigenvalue weighted by molar-refractivity contribution is 7.15. The minimum absolute atomic E-state index is 0.134. The van der Waals surface area contributed by atoms with Gasteiger partial charge in [0.2, 0.25) is 5.91 Å². The highest BCUT2D eigenvalue weighted by Crippen LogP contribution is 2.37. The summed E-state index contributed by atoms with van der Waals surface area (Å²) in [4.78, 5) is 26.0. The number of carbonyl (C=O) groups is 2. The number of hydrogen-bond donors (Lipinski definition) is 1. The van der Waals surface area contributed by atoms with Crippen LogP contribution in [0.1, 0.15) is 40.7 Å². The Hall–Kier alpha value is -3.77. The van der Waals surface area contributed by atoms with E-state index in [0.717, 1.165) is 11.1 Å². The summed E-state index contributed by atoms with van der Waals surface area (Å²) in [6, 6.07) is 25.6. The van der Waals surface area contributed by atoms with Gasteiger partial charge in [0.15, 0.2) is 0 Å². The fraction of sp³-hybridized carbons (Fsp3) is 0.143. The van der Waals surface area contributed by atoms with Crippen molar-refractivity contribution < 1.29 is 18.7 Å². The molecule has 0 aliphatic carbocycles. The summed E-state index contributed by atoms with van der Waals surface area (Å²) >= 11 is 1.25. The van der Waals surface area contributed by atoms with Gasteiger partial charge in [0.05, 0.1) is 6.61 Å². The second-order valence-electron chi connectivity index (χ2n) is 7.71. The van der Waals surface area contributed by atoms with Crippen molar-refractivity contribution >= 4 is 28.2 Å². The van der Waals surface area contributed by atoms with E-state index >= 15 is 0 Å². The number of amides is 1. The van der Waals surface area contributed by atoms with Gasteiger partial charge in [-0.15, -0.1) is 11.3 Å². The number of halogens is 1. The van der Waals surface area contributed by atoms with E-state index in [0.29, 0.717) is 16.1 Å². The van der Waals surface area contributed by atoms with E-state index in [-0.39, 0.29) is 36.2 Å². The molecule has 0 fully saturated rings. The first-order chi connectivity index (χ1) is 16.6. The van der Waals surface area contributed by atoms with E-state index < -0.39 is 5.97 Å². The first-order valence-electron chi connectivity index (χ1n) is 11.0. The molecule has 0 bridgehead atoms. The zero-order valence-electron chi connectivity index (χ0n) is 18.7. The Kier molecular flexibility index (Phi) is 7.50. The molecule has 4 aromatic rings. The molecule has 0 atom stereocenters. The number of hydrogen-bond acceptors (Lipinski definition) is 4. The lowest BCUT2D eigenvalue weighted by Crippen LogP contribution is -2.18. The van der Waals surface area contributed by atoms with Crippen LogP contribution >= 0.6 is 11.3 Å². The Labute approximate surface area is 202 Å². The van der Waals surface area contributed by atoms with E-state index in [1.54, 1.807) is 24.4 Å². The van der Waals surface area contributed by atoms with Crippen LogP contribution in [0.5, 0.6) is 0 Å². The smallest absolute Gasteiger partial charge is 0.341 e. The number of anilines is 1. The van der Waals surface area contributed by atoms with Gasteiger partial charge >= 0.3 is 5.97 Å². The van der Waals surface area contributed by atoms with Crippen LogP contribution in [0.25, 0.3) is 11.1 Å². The molecule has 0 unspecified atom stereocenters. The average molecular weight is 474 g/mol. The monoisotopic (exact) mass is 473 g/mol. The van der Waals surface area contributed by atoms with Crippen molar-refractivity contribution in [1.82, 2.24) is 0 Å². The zero-order chi connectivity index (χ0) is 23.9. The largest absolute Gasteiger partial charge is 0.462 e. The zero-order valence-corrected chi connectivity index (χ0v) is 19.5. The number of rotatable bonds is 8. The van der Waals surface area contributed by atoms with E-state index in [2.05, 4.69) is 5.32 Å². The van der Waals surface area contributed by atoms with E-state index in [4.69, 9.17) is 4.74 Å². The molecular formula is C28H24FNO3S. The Morgan fingerprint density at radius 1 is 0.912 bits per heavy atom. The summed E-state index contributed by atoms with van der Waals surface area (Å²) < 4.78 is 18.7. The SMILES string of the molecule is CCOC(=O)c1c(-c2ccc(F)cc2)csc1NC(=O)CC(c1ccccc1)c1ccccc1. The Morgan fingerprint density at radius 3 is 2.06 bits per heavy atom. The van der Waals surface area contributed by atoms with E-state index in [1.807, 2.05) is 60.7 Å². The van der Waals surface area contributed by atoms with Crippen LogP contribution < -0.4 is 5.32 Å². The van der Waals surface area contributed by atoms with Gasteiger partial charge < -0.3 is 10.1 Å². The molecule has 0 radical (unpaired) electrons. The molecule has 4 nitrogen and oxygen atoms in total. The normalized spacial score (nSPS) is 10.8. The summed E-state index contributed by atoms with van der Waals surface area (Å²) in [5, 5.41) is 5.12. The summed E-state index contributed by atoms with van der Waals surface area (Å²) in [6.07, 6.45) is 0.208. The number of carbonyl (C=O) groups excluding carboxylic acids is 2. The van der Waals surface area contributed by atoms with E-state index in [1.165, 1.54) is 23.5 Å². The molecule has 3 aromatic carbocycles. The molecule has 0 aliphatic rings. The fourth-order valence-electron chi connectivity index (χ4n) is 3.86. The molecule has 1 aromatic heterocycles. The topological polar surface area (TPSA) is 55.4 Å². The van der Waals surface area contributed by atoms with Crippen molar-refractivity contribution in [2.45, 2.75) is 19.3 Å². The molecule has 6 heteroatoms. The second kappa shape index (κ2) is 10.9. The van der Waals surface area contributed by atoms with Crippen molar-refractivity contribution in [3.63, 3.8) is 0 Å². The fourth-order valence-corrected chi connectivity index (χ4v) is 4.83. The third kappa shape index (κ3) is 5.41. The van der Waals surface area contributed by atoms with Crippen molar-refractivity contribution in [1.29, 1.82) is 0 Å². The van der Waals surface area contributed by atoms with Gasteiger partial charge in [0, 0.05) is 23.3 Å². The molecule has 172 valence electrons. The van der Waals surface area contributed by atoms with Gasteiger partial charge in [0.1, 0.15) is 16.4 Å². The third-order valence-corrected chi connectivity index (χ3v) is 6.37. The Balaban J connectivity index is 1.63. The number of nitrogens with one attached hydrogen (secondary N) is 1. The lowest BCUT2D eigenvalue weighted by atomic mass is 9.88. The summed E-state index contributed by atoms with van der Waals surface area (Å²) in [6.45, 7) is 1.93. The van der Waals surface area contributed by atoms with Gasteiger partial charge in [-0.3, -0.25) is 4.79 Å². The highest BCUT2D eigenvalue weighted by atomic mass is 32.1. The quantitative estimate of drug-likeness (QED) is 0.284. The minimum atomic E-state index is -0.527. The molecule has 0 aliphatic heterocycles. The molecule has 0 saturated carbocycles. The standard InChI is InChI=1S/C28H24FNO3S/c1-2-33-28(32)26-24(21-13-15-22(29)16-14-21)18-34-27(26)30-25(31)17-23(19-9-5-3-6-10-19)20-11-7-4-8-12-20/h3-16,18,23H,2,17H2,1H3,(H,30,31). The maximum atomic E-state index is 13.4. The predicted octanol–water partition coefficient (Wildman–Crippen LogP) is 6.89. The van der Waals surface area contributed by atoms with E-state index in [9.17, 15) is 14.0 Å². The van der Waals surface area contributed by atoms with Gasteiger partial charge in [-0.1, -0.05) is 72.8 Å². The van der Waals surface area contributed by atoms with Crippen LogP contribution in [0.15, 0.2) is 90.3 Å². The average Bonchev–Trinajstić information content (AvgIpc) is 3.27. The van der Waals surface area contributed by atoms with Crippen LogP contribution in [0.3, 0.4) is 0 Å². The van der Waals surface area contributed by atoms with Gasteiger partial charge in [0.25, 0.3) is 0 Å². The molecule has 34 heavy (non-hydrogen) atoms. The maximum absolute atomic E-state index is 13.4. The predicted molar refractivity (Wildman–Crippen MR) is 134 cm³/mol. The minimum Gasteiger partial charge on any atom is -0.462 e. The molecular weight excluding hydrogens is 449 g/mol. The Bertz CT molecular complexity index is 1210. The molecule has 1 heterocycles. The van der Waals surface area contributed by atoms with Crippen molar-refractivity contribution in [2.75, 3.05) is 11.9 Å². The number of benzene rings is 3. The van der Waals surface area contributed by atoms with Crippen LogP contribution in [-0.2, 0) is 9.53 Å². The Morgan fingerprint density at radius 2 is 1.50 bits per heavy atom. The first-order valence-corrected chi connectivity index (χ1v) is 11.9. The van der Waals surface area contributed by atoms with Crippen molar-refractivity contribution in [3.8, 4) is 11.1 Å². The van der Waals surface area contributed by atoms with Crippen LogP contribution in [0.4, 0.5) is 9.39 Å². The summed E-state index contributed by atoms with van der Waals surface area (Å²) in [5.41, 5.74) is 3.62. The van der Waals surface area contributed by atoms with Crippen LogP contribution in [-0.4, -0.2) is 18.5 Å². The summed E-state index contributed by atoms with van der Waals surface area (Å²) in [7, 11) is 0. The van der Waals surface area contributed by atoms with Gasteiger partial charge in [-0.2, -0.15) is 0 Å². The molecule has 0 spiro atoms. The summed E-state index contributed by atoms with van der Waals surface area (Å²) in [5.74, 6) is -1.24. The van der Waals surface area contributed by atoms with Crippen molar-refractivity contribution in [3.05, 3.63) is 113 Å². The molecule has 4 rings (SSSR count). The second-order valence-corrected chi connectivity index (χ2v) is 8.59. The van der Waals surface area contributed by atoms with Crippen molar-refractivity contribution in [2.24, 2.45) is 0 Å². The first kappa shape index (κ1) is 23.4. The maximum Gasteiger partial charge on any atom is 0.341 e. The van der Waals surface area contributed by atoms with Gasteiger partial charge in [-0.25, -0.2) is 9.18 Å². The number of thiophene rings is 1. The highest BCUT2D eigenvalue weighted by Gasteiger charge is 2.24. The number of esters is 1. The third-order valence-electron chi connectivity index (χ3n) is 5.47. The van der Waals surface area contributed by atoms with Gasteiger partial charge in [-0.05, 0) is 35.7 Å². The molecule has 1 amide bonds. The van der Waals surface area contributed by atoms with Crippen LogP contribution in [0, 0.1) is 5.82 Å².